The molecule has 0 saturated carbocycles. The highest BCUT2D eigenvalue weighted by molar-refractivity contribution is 8.13. The molecular weight excluding hydrogens is 292 g/mol. The Morgan fingerprint density at radius 3 is 2.77 bits per heavy atom. The van der Waals surface area contributed by atoms with Crippen LogP contribution in [0, 0.1) is 0 Å². The van der Waals surface area contributed by atoms with Gasteiger partial charge in [-0.25, -0.2) is 9.97 Å². The smallest absolute Gasteiger partial charge is 0.154 e. The van der Waals surface area contributed by atoms with Gasteiger partial charge in [0.05, 0.1) is 5.54 Å². The number of nitrogens with zero attached hydrogens (tertiary/aromatic N) is 3. The van der Waals surface area contributed by atoms with Crippen LogP contribution in [0.15, 0.2) is 41.9 Å². The molecule has 22 heavy (non-hydrogen) atoms. The van der Waals surface area contributed by atoms with Gasteiger partial charge in [0.1, 0.15) is 6.33 Å². The first-order chi connectivity index (χ1) is 10.8. The maximum absolute atomic E-state index is 6.04. The van der Waals surface area contributed by atoms with Gasteiger partial charge in [-0.3, -0.25) is 4.99 Å². The van der Waals surface area contributed by atoms with Crippen molar-refractivity contribution in [2.45, 2.75) is 31.2 Å². The Morgan fingerprint density at radius 2 is 1.95 bits per heavy atom. The van der Waals surface area contributed by atoms with E-state index < -0.39 is 0 Å². The molecular formula is C17H18N4S. The van der Waals surface area contributed by atoms with Gasteiger partial charge in [0, 0.05) is 23.7 Å². The molecule has 4 rings (SSSR count). The van der Waals surface area contributed by atoms with E-state index in [1.165, 1.54) is 17.5 Å². The number of benzene rings is 1. The number of nitrogens with two attached hydrogens (primary N) is 1. The lowest BCUT2D eigenvalue weighted by Gasteiger charge is -2.38. The van der Waals surface area contributed by atoms with Crippen molar-refractivity contribution >= 4 is 16.9 Å². The van der Waals surface area contributed by atoms with E-state index in [4.69, 9.17) is 10.7 Å². The summed E-state index contributed by atoms with van der Waals surface area (Å²) in [4.78, 5) is 13.1. The first-order valence-corrected chi connectivity index (χ1v) is 8.62. The van der Waals surface area contributed by atoms with Crippen molar-refractivity contribution in [1.29, 1.82) is 0 Å². The Labute approximate surface area is 134 Å². The van der Waals surface area contributed by atoms with E-state index in [1.807, 2.05) is 12.4 Å². The van der Waals surface area contributed by atoms with Crippen LogP contribution in [0.1, 0.15) is 30.4 Å². The van der Waals surface area contributed by atoms with Crippen molar-refractivity contribution in [2.75, 3.05) is 5.75 Å². The van der Waals surface area contributed by atoms with Crippen molar-refractivity contribution in [2.24, 2.45) is 10.7 Å². The Balaban J connectivity index is 1.85. The lowest BCUT2D eigenvalue weighted by molar-refractivity contribution is 0.364. The SMILES string of the molecule is NC1=NC2(CCCc3ccc(-c4cncnc4)cc32)CCS1. The van der Waals surface area contributed by atoms with Gasteiger partial charge in [-0.05, 0) is 48.4 Å². The lowest BCUT2D eigenvalue weighted by atomic mass is 9.74. The van der Waals surface area contributed by atoms with Gasteiger partial charge < -0.3 is 5.73 Å². The largest absolute Gasteiger partial charge is 0.379 e. The number of aliphatic imine (C=N–C) groups is 1. The van der Waals surface area contributed by atoms with E-state index in [-0.39, 0.29) is 5.54 Å². The zero-order chi connectivity index (χ0) is 15.0. The molecule has 4 nitrogen and oxygen atoms in total. The molecule has 0 amide bonds. The molecule has 0 fully saturated rings. The van der Waals surface area contributed by atoms with Crippen LogP contribution in [-0.2, 0) is 12.0 Å². The van der Waals surface area contributed by atoms with E-state index in [0.29, 0.717) is 0 Å². The van der Waals surface area contributed by atoms with E-state index >= 15 is 0 Å². The predicted molar refractivity (Wildman–Crippen MR) is 90.8 cm³/mol. The Kier molecular flexibility index (Phi) is 3.37. The Bertz CT molecular complexity index is 729. The minimum atomic E-state index is -0.117. The molecule has 2 heterocycles. The van der Waals surface area contributed by atoms with Crippen LogP contribution >= 0.6 is 11.8 Å². The highest BCUT2D eigenvalue weighted by atomic mass is 32.2. The van der Waals surface area contributed by atoms with Crippen molar-refractivity contribution < 1.29 is 0 Å². The van der Waals surface area contributed by atoms with E-state index in [2.05, 4.69) is 28.2 Å². The summed E-state index contributed by atoms with van der Waals surface area (Å²) in [6.45, 7) is 0. The summed E-state index contributed by atoms with van der Waals surface area (Å²) in [5.41, 5.74) is 10.9. The van der Waals surface area contributed by atoms with Crippen LogP contribution < -0.4 is 5.73 Å². The predicted octanol–water partition coefficient (Wildman–Crippen LogP) is 3.13. The summed E-state index contributed by atoms with van der Waals surface area (Å²) in [6, 6.07) is 6.69. The number of rotatable bonds is 1. The first kappa shape index (κ1) is 13.8. The third-order valence-electron chi connectivity index (χ3n) is 4.63. The number of fused-ring (bicyclic) bond motifs is 2. The molecule has 1 aliphatic carbocycles. The summed E-state index contributed by atoms with van der Waals surface area (Å²) >= 11 is 1.67. The minimum Gasteiger partial charge on any atom is -0.379 e. The number of aryl methyl sites for hydroxylation is 1. The fraction of sp³-hybridized carbons (Fsp3) is 0.353. The molecule has 5 heteroatoms. The average Bonchev–Trinajstić information content (AvgIpc) is 2.56. The lowest BCUT2D eigenvalue weighted by Crippen LogP contribution is -2.35. The van der Waals surface area contributed by atoms with Gasteiger partial charge in [-0.15, -0.1) is 0 Å². The minimum absolute atomic E-state index is 0.117. The quantitative estimate of drug-likeness (QED) is 0.879. The molecule has 1 unspecified atom stereocenters. The Hall–Kier alpha value is -1.88. The van der Waals surface area contributed by atoms with E-state index in [9.17, 15) is 0 Å². The highest BCUT2D eigenvalue weighted by Gasteiger charge is 2.38. The molecule has 1 spiro atoms. The van der Waals surface area contributed by atoms with Crippen molar-refractivity contribution in [3.05, 3.63) is 48.0 Å². The zero-order valence-corrected chi connectivity index (χ0v) is 13.1. The number of hydrogen-bond donors (Lipinski definition) is 1. The normalized spacial score (nSPS) is 23.9. The van der Waals surface area contributed by atoms with Gasteiger partial charge in [-0.2, -0.15) is 0 Å². The molecule has 2 aromatic rings. The number of hydrogen-bond acceptors (Lipinski definition) is 5. The number of thioether (sulfide) groups is 1. The fourth-order valence-corrected chi connectivity index (χ4v) is 4.45. The second-order valence-corrected chi connectivity index (χ2v) is 7.05. The molecule has 1 aromatic heterocycles. The summed E-state index contributed by atoms with van der Waals surface area (Å²) in [7, 11) is 0. The van der Waals surface area contributed by atoms with Crippen LogP contribution in [0.5, 0.6) is 0 Å². The molecule has 1 aromatic carbocycles. The summed E-state index contributed by atoms with van der Waals surface area (Å²) in [5, 5.41) is 0.729. The third kappa shape index (κ3) is 2.29. The molecule has 1 atom stereocenters. The van der Waals surface area contributed by atoms with Gasteiger partial charge in [0.2, 0.25) is 0 Å². The molecule has 0 saturated heterocycles. The third-order valence-corrected chi connectivity index (χ3v) is 5.43. The van der Waals surface area contributed by atoms with Crippen LogP contribution in [0.2, 0.25) is 0 Å². The van der Waals surface area contributed by atoms with Gasteiger partial charge in [0.25, 0.3) is 0 Å². The van der Waals surface area contributed by atoms with Crippen LogP contribution in [0.25, 0.3) is 11.1 Å². The first-order valence-electron chi connectivity index (χ1n) is 7.64. The molecule has 0 bridgehead atoms. The van der Waals surface area contributed by atoms with Crippen molar-refractivity contribution in [3.8, 4) is 11.1 Å². The number of aromatic nitrogens is 2. The van der Waals surface area contributed by atoms with Crippen LogP contribution in [0.4, 0.5) is 0 Å². The second kappa shape index (κ2) is 5.39. The van der Waals surface area contributed by atoms with Crippen LogP contribution in [-0.4, -0.2) is 20.9 Å². The second-order valence-electron chi connectivity index (χ2n) is 5.93. The van der Waals surface area contributed by atoms with Crippen molar-refractivity contribution in [3.63, 3.8) is 0 Å². The van der Waals surface area contributed by atoms with Gasteiger partial charge >= 0.3 is 0 Å². The highest BCUT2D eigenvalue weighted by Crippen LogP contribution is 2.45. The Morgan fingerprint density at radius 1 is 1.09 bits per heavy atom. The zero-order valence-electron chi connectivity index (χ0n) is 12.3. The van der Waals surface area contributed by atoms with Gasteiger partial charge in [0.15, 0.2) is 5.17 Å². The fourth-order valence-electron chi connectivity index (χ4n) is 3.56. The summed E-state index contributed by atoms with van der Waals surface area (Å²) in [5.74, 6) is 1.05. The number of amidine groups is 1. The topological polar surface area (TPSA) is 64.2 Å². The summed E-state index contributed by atoms with van der Waals surface area (Å²) in [6.07, 6.45) is 9.76. The maximum atomic E-state index is 6.04. The maximum Gasteiger partial charge on any atom is 0.154 e. The molecule has 2 N–H and O–H groups in total. The average molecular weight is 310 g/mol. The van der Waals surface area contributed by atoms with E-state index in [1.54, 1.807) is 18.1 Å². The monoisotopic (exact) mass is 310 g/mol. The standard InChI is InChI=1S/C17H18N4S/c18-16-21-17(6-7-22-16)5-1-2-12-3-4-13(8-15(12)17)14-9-19-11-20-10-14/h3-4,8-11H,1-2,5-7H2,(H2,18,21). The molecule has 2 aliphatic rings. The van der Waals surface area contributed by atoms with Crippen molar-refractivity contribution in [1.82, 2.24) is 9.97 Å². The summed E-state index contributed by atoms with van der Waals surface area (Å²) < 4.78 is 0. The van der Waals surface area contributed by atoms with Gasteiger partial charge in [-0.1, -0.05) is 23.9 Å². The molecule has 112 valence electrons. The molecule has 0 radical (unpaired) electrons. The van der Waals surface area contributed by atoms with E-state index in [0.717, 1.165) is 41.3 Å². The van der Waals surface area contributed by atoms with Crippen LogP contribution in [0.3, 0.4) is 0 Å². The molecule has 1 aliphatic heterocycles.